The summed E-state index contributed by atoms with van der Waals surface area (Å²) in [6, 6.07) is 8.75. The third-order valence-electron chi connectivity index (χ3n) is 5.92. The summed E-state index contributed by atoms with van der Waals surface area (Å²) in [6.07, 6.45) is 0.612. The van der Waals surface area contributed by atoms with E-state index < -0.39 is 16.9 Å². The maximum atomic E-state index is 12.8. The predicted molar refractivity (Wildman–Crippen MR) is 124 cm³/mol. The third-order valence-corrected chi connectivity index (χ3v) is 6.74. The van der Waals surface area contributed by atoms with Gasteiger partial charge in [-0.3, -0.25) is 13.3 Å². The number of hydrogen-bond acceptors (Lipinski definition) is 5. The lowest BCUT2D eigenvalue weighted by Gasteiger charge is -2.40. The van der Waals surface area contributed by atoms with Gasteiger partial charge in [0.15, 0.2) is 0 Å². The Hall–Kier alpha value is -2.65. The van der Waals surface area contributed by atoms with E-state index in [1.165, 1.54) is 4.31 Å². The van der Waals surface area contributed by atoms with Crippen LogP contribution in [0.2, 0.25) is 0 Å². The summed E-state index contributed by atoms with van der Waals surface area (Å²) in [7, 11) is 0. The highest BCUT2D eigenvalue weighted by molar-refractivity contribution is 7.80. The minimum atomic E-state index is -2.51. The van der Waals surface area contributed by atoms with Gasteiger partial charge in [-0.05, 0) is 58.7 Å². The first-order valence-electron chi connectivity index (χ1n) is 10.9. The average Bonchev–Trinajstić information content (AvgIpc) is 3.01. The van der Waals surface area contributed by atoms with Gasteiger partial charge in [-0.1, -0.05) is 12.1 Å². The normalized spacial score (nSPS) is 17.7. The summed E-state index contributed by atoms with van der Waals surface area (Å²) in [5.74, 6) is -0.0642. The third kappa shape index (κ3) is 3.95. The molecule has 2 aromatic carbocycles. The molecule has 2 aliphatic rings. The average molecular weight is 459 g/mol. The molecule has 0 spiro atoms. The maximum absolute atomic E-state index is 12.8. The minimum absolute atomic E-state index is 0.0642. The van der Waals surface area contributed by atoms with Crippen LogP contribution in [0, 0.1) is 0 Å². The van der Waals surface area contributed by atoms with Crippen LogP contribution in [0.3, 0.4) is 0 Å². The van der Waals surface area contributed by atoms with Gasteiger partial charge in [0.2, 0.25) is 0 Å². The first-order chi connectivity index (χ1) is 15.1. The molecule has 8 nitrogen and oxygen atoms in total. The number of ether oxygens (including phenoxy) is 1. The number of amides is 2. The largest absolute Gasteiger partial charge is 0.755 e. The first kappa shape index (κ1) is 22.5. The molecule has 0 radical (unpaired) electrons. The first-order valence-corrected chi connectivity index (χ1v) is 11.9. The second-order valence-corrected chi connectivity index (χ2v) is 9.95. The van der Waals surface area contributed by atoms with Crippen molar-refractivity contribution < 1.29 is 23.1 Å². The smallest absolute Gasteiger partial charge is 0.410 e. The van der Waals surface area contributed by atoms with Gasteiger partial charge in [-0.25, -0.2) is 4.79 Å². The van der Waals surface area contributed by atoms with Crippen LogP contribution in [0.25, 0.3) is 10.8 Å². The van der Waals surface area contributed by atoms with Crippen molar-refractivity contribution >= 4 is 45.4 Å². The van der Waals surface area contributed by atoms with Gasteiger partial charge in [0, 0.05) is 53.3 Å². The van der Waals surface area contributed by atoms with Crippen molar-refractivity contribution in [2.75, 3.05) is 28.8 Å². The molecule has 1 fully saturated rings. The number of benzene rings is 2. The number of likely N-dealkylation sites (tertiary alicyclic amines) is 1. The number of carbonyl (C=O) groups is 2. The van der Waals surface area contributed by atoms with E-state index in [9.17, 15) is 18.4 Å². The van der Waals surface area contributed by atoms with Gasteiger partial charge in [0.1, 0.15) is 5.60 Å². The molecule has 1 saturated heterocycles. The molecule has 2 aliphatic heterocycles. The molecular formula is C23H28N3O5S-. The van der Waals surface area contributed by atoms with Crippen LogP contribution < -0.4 is 9.21 Å². The summed E-state index contributed by atoms with van der Waals surface area (Å²) in [6.45, 7) is 8.75. The van der Waals surface area contributed by atoms with E-state index in [4.69, 9.17) is 4.74 Å². The Balaban J connectivity index is 1.63. The zero-order valence-corrected chi connectivity index (χ0v) is 19.6. The van der Waals surface area contributed by atoms with Gasteiger partial charge in [0.05, 0.1) is 11.4 Å². The van der Waals surface area contributed by atoms with E-state index in [0.717, 1.165) is 16.5 Å². The summed E-state index contributed by atoms with van der Waals surface area (Å²) < 4.78 is 31.6. The molecule has 2 aromatic rings. The number of piperidine rings is 1. The molecule has 0 aliphatic carbocycles. The lowest BCUT2D eigenvalue weighted by molar-refractivity contribution is 0.0207. The molecule has 2 amide bonds. The van der Waals surface area contributed by atoms with E-state index in [2.05, 4.69) is 0 Å². The van der Waals surface area contributed by atoms with E-state index in [1.807, 2.05) is 39.8 Å². The van der Waals surface area contributed by atoms with Gasteiger partial charge in [-0.15, -0.1) is 0 Å². The Kier molecular flexibility index (Phi) is 5.89. The highest BCUT2D eigenvalue weighted by Gasteiger charge is 2.33. The van der Waals surface area contributed by atoms with E-state index in [1.54, 1.807) is 28.0 Å². The van der Waals surface area contributed by atoms with Crippen LogP contribution in [0.15, 0.2) is 30.3 Å². The molecule has 1 unspecified atom stereocenters. The molecule has 32 heavy (non-hydrogen) atoms. The zero-order valence-electron chi connectivity index (χ0n) is 18.8. The van der Waals surface area contributed by atoms with Crippen molar-refractivity contribution in [1.29, 1.82) is 0 Å². The number of anilines is 2. The highest BCUT2D eigenvalue weighted by atomic mass is 32.2. The van der Waals surface area contributed by atoms with Crippen LogP contribution in [0.5, 0.6) is 0 Å². The van der Waals surface area contributed by atoms with Crippen molar-refractivity contribution in [1.82, 2.24) is 4.90 Å². The molecule has 9 heteroatoms. The Morgan fingerprint density at radius 2 is 1.91 bits per heavy atom. The summed E-state index contributed by atoms with van der Waals surface area (Å²) in [5.41, 5.74) is 1.38. The molecule has 172 valence electrons. The van der Waals surface area contributed by atoms with Gasteiger partial charge in [-0.2, -0.15) is 0 Å². The van der Waals surface area contributed by atoms with Gasteiger partial charge in [0.25, 0.3) is 5.91 Å². The molecule has 2 heterocycles. The van der Waals surface area contributed by atoms with Crippen molar-refractivity contribution in [2.24, 2.45) is 0 Å². The fraction of sp³-hybridized carbons (Fsp3) is 0.478. The Bertz CT molecular complexity index is 1090. The Morgan fingerprint density at radius 1 is 1.22 bits per heavy atom. The quantitative estimate of drug-likeness (QED) is 0.650. The molecular weight excluding hydrogens is 430 g/mol. The number of hydrogen-bond donors (Lipinski definition) is 0. The van der Waals surface area contributed by atoms with Gasteiger partial charge >= 0.3 is 6.09 Å². The van der Waals surface area contributed by atoms with Crippen molar-refractivity contribution in [3.63, 3.8) is 0 Å². The molecule has 0 bridgehead atoms. The molecule has 0 N–H and O–H groups in total. The maximum Gasteiger partial charge on any atom is 0.410 e. The van der Waals surface area contributed by atoms with Crippen molar-refractivity contribution in [2.45, 2.75) is 52.2 Å². The molecule has 1 atom stereocenters. The summed E-state index contributed by atoms with van der Waals surface area (Å²) >= 11 is -2.51. The number of carbonyl (C=O) groups excluding carboxylic acids is 2. The standard InChI is InChI=1S/C23H29N3O5S/c1-5-25-19-10-9-18(16-7-6-8-17(20(16)19)21(25)27)26(32(29)30)15-11-13-24(14-12-15)22(28)31-23(2,3)4/h6-10,15H,5,11-14H2,1-4H3,(H,29,30)/p-1. The second kappa shape index (κ2) is 8.37. The predicted octanol–water partition coefficient (Wildman–Crippen LogP) is 3.82. The second-order valence-electron chi connectivity index (χ2n) is 9.12. The van der Waals surface area contributed by atoms with Crippen molar-refractivity contribution in [3.05, 3.63) is 35.9 Å². The van der Waals surface area contributed by atoms with Crippen LogP contribution in [0.4, 0.5) is 16.2 Å². The number of nitrogens with zero attached hydrogens (tertiary/aromatic N) is 3. The molecule has 0 aromatic heterocycles. The van der Waals surface area contributed by atoms with E-state index >= 15 is 0 Å². The van der Waals surface area contributed by atoms with Crippen LogP contribution >= 0.6 is 0 Å². The number of rotatable bonds is 4. The van der Waals surface area contributed by atoms with E-state index in [-0.39, 0.29) is 18.0 Å². The molecule has 0 saturated carbocycles. The summed E-state index contributed by atoms with van der Waals surface area (Å²) in [4.78, 5) is 28.5. The summed E-state index contributed by atoms with van der Waals surface area (Å²) in [5, 5.41) is 1.53. The van der Waals surface area contributed by atoms with Crippen LogP contribution in [-0.4, -0.2) is 56.9 Å². The lowest BCUT2D eigenvalue weighted by Crippen LogP contribution is -2.48. The SMILES string of the molecule is CCN1C(=O)c2cccc3c(N(C4CCN(C(=O)OC(C)(C)C)CC4)S(=O)[O-])ccc1c23. The van der Waals surface area contributed by atoms with Crippen LogP contribution in [-0.2, 0) is 16.0 Å². The minimum Gasteiger partial charge on any atom is -0.755 e. The monoisotopic (exact) mass is 458 g/mol. The fourth-order valence-electron chi connectivity index (χ4n) is 4.54. The Morgan fingerprint density at radius 3 is 2.50 bits per heavy atom. The molecule has 4 rings (SSSR count). The van der Waals surface area contributed by atoms with Crippen molar-refractivity contribution in [3.8, 4) is 0 Å². The fourth-order valence-corrected chi connectivity index (χ4v) is 5.32. The zero-order chi connectivity index (χ0) is 23.2. The van der Waals surface area contributed by atoms with E-state index in [0.29, 0.717) is 43.7 Å². The topological polar surface area (TPSA) is 93.2 Å². The Labute approximate surface area is 190 Å². The van der Waals surface area contributed by atoms with Gasteiger partial charge < -0.3 is 19.1 Å². The van der Waals surface area contributed by atoms with Crippen LogP contribution in [0.1, 0.15) is 50.9 Å². The lowest BCUT2D eigenvalue weighted by atomic mass is 10.0. The highest BCUT2D eigenvalue weighted by Crippen LogP contribution is 2.42.